The van der Waals surface area contributed by atoms with Gasteiger partial charge in [-0.3, -0.25) is 4.90 Å². The van der Waals surface area contributed by atoms with Crippen molar-refractivity contribution in [2.24, 2.45) is 5.92 Å². The Morgan fingerprint density at radius 3 is 2.29 bits per heavy atom. The summed E-state index contributed by atoms with van der Waals surface area (Å²) in [4.78, 5) is 15.2. The predicted molar refractivity (Wildman–Crippen MR) is 143 cm³/mol. The number of carboxylic acids is 1. The summed E-state index contributed by atoms with van der Waals surface area (Å²) in [6.45, 7) is 15.4. The highest BCUT2D eigenvalue weighted by Crippen LogP contribution is 2.43. The van der Waals surface area contributed by atoms with E-state index in [1.165, 1.54) is 60.9 Å². The highest BCUT2D eigenvalue weighted by molar-refractivity contribution is 5.84. The lowest BCUT2D eigenvalue weighted by molar-refractivity contribution is -0.160. The van der Waals surface area contributed by atoms with Crippen LogP contribution in [0.1, 0.15) is 92.4 Å². The van der Waals surface area contributed by atoms with Gasteiger partial charge in [0.05, 0.1) is 5.60 Å². The monoisotopic (exact) mass is 477 g/mol. The summed E-state index contributed by atoms with van der Waals surface area (Å²) in [6.07, 6.45) is 6.82. The van der Waals surface area contributed by atoms with Gasteiger partial charge in [-0.25, -0.2) is 4.79 Å². The molecule has 2 aromatic rings. The van der Waals surface area contributed by atoms with Crippen LogP contribution in [0, 0.1) is 26.7 Å². The van der Waals surface area contributed by atoms with Crippen LogP contribution in [-0.4, -0.2) is 34.7 Å². The molecule has 4 nitrogen and oxygen atoms in total. The Morgan fingerprint density at radius 2 is 1.69 bits per heavy atom. The standard InChI is InChI=1S/C31H43NO3/c1-20-12-14-24(15-13-20)27-22(3)26-19-32(18-23-10-8-7-9-11-23)17-16-25(26)21(2)28(27)29(30(33)34)35-31(4,5)6/h12-15,23,29H,7-11,16-19H2,1-6H3,(H,33,34). The fourth-order valence-corrected chi connectivity index (χ4v) is 6.18. The molecule has 35 heavy (non-hydrogen) atoms. The highest BCUT2D eigenvalue weighted by atomic mass is 16.5. The molecule has 0 spiro atoms. The number of carbonyl (C=O) groups is 1. The zero-order valence-corrected chi connectivity index (χ0v) is 22.5. The molecule has 1 aliphatic carbocycles. The minimum atomic E-state index is -1.00. The largest absolute Gasteiger partial charge is 0.479 e. The Labute approximate surface area is 211 Å². The molecule has 0 aromatic heterocycles. The van der Waals surface area contributed by atoms with Crippen LogP contribution in [0.5, 0.6) is 0 Å². The number of benzene rings is 2. The van der Waals surface area contributed by atoms with Gasteiger partial charge in [0.25, 0.3) is 0 Å². The summed E-state index contributed by atoms with van der Waals surface area (Å²) in [5, 5.41) is 10.3. The van der Waals surface area contributed by atoms with Crippen molar-refractivity contribution in [1.29, 1.82) is 0 Å². The van der Waals surface area contributed by atoms with E-state index in [1.54, 1.807) is 0 Å². The number of aliphatic carboxylic acids is 1. The van der Waals surface area contributed by atoms with Crippen LogP contribution in [0.25, 0.3) is 11.1 Å². The van der Waals surface area contributed by atoms with Crippen LogP contribution in [0.4, 0.5) is 0 Å². The molecular weight excluding hydrogens is 434 g/mol. The maximum atomic E-state index is 12.6. The van der Waals surface area contributed by atoms with E-state index in [1.807, 2.05) is 20.8 Å². The first-order valence-corrected chi connectivity index (χ1v) is 13.4. The topological polar surface area (TPSA) is 49.8 Å². The third-order valence-electron chi connectivity index (χ3n) is 7.92. The highest BCUT2D eigenvalue weighted by Gasteiger charge is 2.35. The maximum Gasteiger partial charge on any atom is 0.337 e. The number of fused-ring (bicyclic) bond motifs is 1. The molecule has 0 radical (unpaired) electrons. The van der Waals surface area contributed by atoms with Crippen molar-refractivity contribution < 1.29 is 14.6 Å². The van der Waals surface area contributed by atoms with E-state index in [0.29, 0.717) is 0 Å². The fourth-order valence-electron chi connectivity index (χ4n) is 6.18. The minimum absolute atomic E-state index is 0.569. The summed E-state index contributed by atoms with van der Waals surface area (Å²) in [7, 11) is 0. The first kappa shape index (κ1) is 25.9. The quantitative estimate of drug-likeness (QED) is 0.480. The van der Waals surface area contributed by atoms with E-state index in [-0.39, 0.29) is 0 Å². The normalized spacial score (nSPS) is 18.3. The lowest BCUT2D eigenvalue weighted by Gasteiger charge is -2.37. The number of carboxylic acid groups (broad SMARTS) is 1. The van der Waals surface area contributed by atoms with Crippen LogP contribution in [0.2, 0.25) is 0 Å². The molecule has 1 unspecified atom stereocenters. The van der Waals surface area contributed by atoms with E-state index in [9.17, 15) is 9.90 Å². The molecule has 1 fully saturated rings. The molecule has 1 atom stereocenters. The van der Waals surface area contributed by atoms with Crippen molar-refractivity contribution in [1.82, 2.24) is 4.90 Å². The van der Waals surface area contributed by atoms with Gasteiger partial charge in [0.15, 0.2) is 6.10 Å². The van der Waals surface area contributed by atoms with Gasteiger partial charge >= 0.3 is 5.97 Å². The van der Waals surface area contributed by atoms with Gasteiger partial charge in [-0.05, 0) is 100 Å². The Kier molecular flexibility index (Phi) is 7.73. The molecule has 1 heterocycles. The zero-order valence-electron chi connectivity index (χ0n) is 22.5. The van der Waals surface area contributed by atoms with Crippen LogP contribution >= 0.6 is 0 Å². The van der Waals surface area contributed by atoms with Gasteiger partial charge in [-0.1, -0.05) is 49.1 Å². The van der Waals surface area contributed by atoms with Gasteiger partial charge in [-0.15, -0.1) is 0 Å². The van der Waals surface area contributed by atoms with E-state index < -0.39 is 17.7 Å². The van der Waals surface area contributed by atoms with Crippen LogP contribution in [-0.2, 0) is 22.5 Å². The van der Waals surface area contributed by atoms with Crippen molar-refractivity contribution in [3.63, 3.8) is 0 Å². The Bertz CT molecular complexity index is 1060. The second-order valence-corrected chi connectivity index (χ2v) is 11.8. The summed E-state index contributed by atoms with van der Waals surface area (Å²) in [5.74, 6) is -0.107. The fraction of sp³-hybridized carbons (Fsp3) is 0.581. The molecule has 2 aromatic carbocycles. The Morgan fingerprint density at radius 1 is 1.03 bits per heavy atom. The average molecular weight is 478 g/mol. The molecule has 2 aliphatic rings. The number of ether oxygens (including phenoxy) is 1. The van der Waals surface area contributed by atoms with Crippen LogP contribution < -0.4 is 0 Å². The predicted octanol–water partition coefficient (Wildman–Crippen LogP) is 7.16. The molecule has 0 bridgehead atoms. The molecule has 0 amide bonds. The summed E-state index contributed by atoms with van der Waals surface area (Å²) in [5.41, 5.74) is 8.59. The van der Waals surface area contributed by atoms with Crippen LogP contribution in [0.3, 0.4) is 0 Å². The summed E-state index contributed by atoms with van der Waals surface area (Å²) in [6, 6.07) is 8.49. The molecule has 1 aliphatic heterocycles. The molecule has 1 N–H and O–H groups in total. The number of hydrogen-bond donors (Lipinski definition) is 1. The lowest BCUT2D eigenvalue weighted by Crippen LogP contribution is -2.36. The zero-order chi connectivity index (χ0) is 25.3. The molecule has 4 heteroatoms. The SMILES string of the molecule is Cc1ccc(-c2c(C)c3c(c(C)c2C(OC(C)(C)C)C(=O)O)CCN(CC2CCCCC2)C3)cc1. The van der Waals surface area contributed by atoms with Gasteiger partial charge in [0, 0.05) is 25.2 Å². The summed E-state index contributed by atoms with van der Waals surface area (Å²) >= 11 is 0. The number of hydrogen-bond acceptors (Lipinski definition) is 3. The third kappa shape index (κ3) is 5.81. The molecule has 1 saturated carbocycles. The minimum Gasteiger partial charge on any atom is -0.479 e. The smallest absolute Gasteiger partial charge is 0.337 e. The molecule has 190 valence electrons. The van der Waals surface area contributed by atoms with Gasteiger partial charge in [-0.2, -0.15) is 0 Å². The van der Waals surface area contributed by atoms with Crippen molar-refractivity contribution in [3.8, 4) is 11.1 Å². The molecule has 0 saturated heterocycles. The van der Waals surface area contributed by atoms with Gasteiger partial charge in [0.1, 0.15) is 0 Å². The van der Waals surface area contributed by atoms with Crippen LogP contribution in [0.15, 0.2) is 24.3 Å². The number of aryl methyl sites for hydroxylation is 1. The Hall–Kier alpha value is -2.17. The number of rotatable bonds is 6. The van der Waals surface area contributed by atoms with Gasteiger partial charge < -0.3 is 9.84 Å². The van der Waals surface area contributed by atoms with Crippen molar-refractivity contribution in [2.75, 3.05) is 13.1 Å². The van der Waals surface area contributed by atoms with E-state index in [0.717, 1.165) is 47.7 Å². The van der Waals surface area contributed by atoms with E-state index >= 15 is 0 Å². The first-order chi connectivity index (χ1) is 16.5. The first-order valence-electron chi connectivity index (χ1n) is 13.4. The average Bonchev–Trinajstić information content (AvgIpc) is 2.80. The second kappa shape index (κ2) is 10.4. The molecule has 4 rings (SSSR count). The summed E-state index contributed by atoms with van der Waals surface area (Å²) < 4.78 is 6.21. The van der Waals surface area contributed by atoms with Crippen molar-refractivity contribution in [3.05, 3.63) is 57.6 Å². The Balaban J connectivity index is 1.82. The number of nitrogens with zero attached hydrogens (tertiary/aromatic N) is 1. The van der Waals surface area contributed by atoms with E-state index in [4.69, 9.17) is 4.74 Å². The lowest BCUT2D eigenvalue weighted by atomic mass is 9.79. The van der Waals surface area contributed by atoms with Gasteiger partial charge in [0.2, 0.25) is 0 Å². The van der Waals surface area contributed by atoms with Crippen molar-refractivity contribution in [2.45, 2.75) is 98.3 Å². The third-order valence-corrected chi connectivity index (χ3v) is 7.92. The molecular formula is C31H43NO3. The van der Waals surface area contributed by atoms with Crippen molar-refractivity contribution >= 4 is 5.97 Å². The second-order valence-electron chi connectivity index (χ2n) is 11.8. The van der Waals surface area contributed by atoms with E-state index in [2.05, 4.69) is 49.9 Å². The maximum absolute atomic E-state index is 12.6.